The van der Waals surface area contributed by atoms with E-state index in [9.17, 15) is 0 Å². The van der Waals surface area contributed by atoms with Gasteiger partial charge in [0.1, 0.15) is 5.82 Å². The Morgan fingerprint density at radius 2 is 2.10 bits per heavy atom. The van der Waals surface area contributed by atoms with Gasteiger partial charge in [-0.05, 0) is 43.4 Å². The Morgan fingerprint density at radius 1 is 1.21 bits per heavy atom. The molecule has 0 saturated carbocycles. The first-order chi connectivity index (χ1) is 13.7. The van der Waals surface area contributed by atoms with Gasteiger partial charge < -0.3 is 20.2 Å². The number of hydrogen-bond acceptors (Lipinski definition) is 3. The molecule has 0 radical (unpaired) electrons. The molecule has 0 aliphatic carbocycles. The van der Waals surface area contributed by atoms with E-state index in [1.54, 1.807) is 7.05 Å². The number of guanidine groups is 1. The fourth-order valence-corrected chi connectivity index (χ4v) is 3.88. The Kier molecular flexibility index (Phi) is 7.51. The molecule has 0 fully saturated rings. The van der Waals surface area contributed by atoms with Crippen LogP contribution in [0.5, 0.6) is 0 Å². The second-order valence-corrected chi connectivity index (χ2v) is 7.46. The number of nitrogens with one attached hydrogen (secondary N) is 3. The lowest BCUT2D eigenvalue weighted by Crippen LogP contribution is -2.38. The van der Waals surface area contributed by atoms with Gasteiger partial charge in [0.15, 0.2) is 11.8 Å². The van der Waals surface area contributed by atoms with Crippen molar-refractivity contribution in [2.24, 2.45) is 4.99 Å². The number of H-pyrrole nitrogens is 1. The van der Waals surface area contributed by atoms with Gasteiger partial charge in [0.2, 0.25) is 0 Å². The molecule has 4 rings (SSSR count). The van der Waals surface area contributed by atoms with E-state index in [2.05, 4.69) is 66.7 Å². The average Bonchev–Trinajstić information content (AvgIpc) is 3.19. The Morgan fingerprint density at radius 3 is 2.97 bits per heavy atom. The van der Waals surface area contributed by atoms with Crippen molar-refractivity contribution in [2.75, 3.05) is 13.6 Å². The zero-order valence-electron chi connectivity index (χ0n) is 17.2. The van der Waals surface area contributed by atoms with Crippen LogP contribution in [0.15, 0.2) is 29.4 Å². The maximum Gasteiger partial charge on any atom is 0.191 e. The van der Waals surface area contributed by atoms with Gasteiger partial charge in [0, 0.05) is 43.7 Å². The van der Waals surface area contributed by atoms with Crippen molar-refractivity contribution >= 4 is 40.8 Å². The van der Waals surface area contributed by atoms with E-state index in [1.165, 1.54) is 41.3 Å². The summed E-state index contributed by atoms with van der Waals surface area (Å²) in [5.74, 6) is 2.90. The molecule has 1 aliphatic heterocycles. The van der Waals surface area contributed by atoms with Crippen molar-refractivity contribution in [3.05, 3.63) is 47.2 Å². The number of fused-ring (bicyclic) bond motifs is 2. The number of aryl methyl sites for hydroxylation is 2. The van der Waals surface area contributed by atoms with Crippen LogP contribution in [0.3, 0.4) is 0 Å². The van der Waals surface area contributed by atoms with Crippen LogP contribution in [-0.4, -0.2) is 39.3 Å². The standard InChI is InChI=1S/C21H29N7.HI/c1-15-7-8-17-16(13-24-18(17)12-15)9-10-23-21(22-2)25-14-20-27-26-19-6-4-3-5-11-28(19)20;/h7-8,12-13,24H,3-6,9-11,14H2,1-2H3,(H2,22,23,25);1H. The predicted molar refractivity (Wildman–Crippen MR) is 128 cm³/mol. The molecule has 0 spiro atoms. The normalized spacial score (nSPS) is 14.2. The zero-order chi connectivity index (χ0) is 19.3. The molecule has 7 nitrogen and oxygen atoms in total. The van der Waals surface area contributed by atoms with E-state index in [-0.39, 0.29) is 24.0 Å². The first-order valence-corrected chi connectivity index (χ1v) is 10.2. The highest BCUT2D eigenvalue weighted by atomic mass is 127. The molecule has 2 aromatic heterocycles. The molecular formula is C21H30IN7. The minimum Gasteiger partial charge on any atom is -0.361 e. The van der Waals surface area contributed by atoms with Crippen LogP contribution in [0.1, 0.15) is 42.0 Å². The highest BCUT2D eigenvalue weighted by molar-refractivity contribution is 14.0. The third-order valence-corrected chi connectivity index (χ3v) is 5.43. The molecule has 3 N–H and O–H groups in total. The van der Waals surface area contributed by atoms with Gasteiger partial charge in [-0.25, -0.2) is 0 Å². The van der Waals surface area contributed by atoms with Crippen LogP contribution in [-0.2, 0) is 25.9 Å². The van der Waals surface area contributed by atoms with E-state index in [0.717, 1.165) is 43.5 Å². The van der Waals surface area contributed by atoms with Crippen LogP contribution < -0.4 is 10.6 Å². The van der Waals surface area contributed by atoms with Gasteiger partial charge in [0.25, 0.3) is 0 Å². The Balaban J connectivity index is 0.00000240. The summed E-state index contributed by atoms with van der Waals surface area (Å²) in [5, 5.41) is 16.8. The molecule has 1 aromatic carbocycles. The lowest BCUT2D eigenvalue weighted by molar-refractivity contribution is 0.596. The predicted octanol–water partition coefficient (Wildman–Crippen LogP) is 3.32. The number of hydrogen-bond donors (Lipinski definition) is 3. The number of rotatable bonds is 5. The van der Waals surface area contributed by atoms with E-state index in [1.807, 2.05) is 0 Å². The van der Waals surface area contributed by atoms with Crippen LogP contribution in [0.4, 0.5) is 0 Å². The fraction of sp³-hybridized carbons (Fsp3) is 0.476. The number of nitrogens with zero attached hydrogens (tertiary/aromatic N) is 4. The van der Waals surface area contributed by atoms with E-state index in [0.29, 0.717) is 6.54 Å². The number of aromatic nitrogens is 4. The molecule has 0 atom stereocenters. The Labute approximate surface area is 188 Å². The van der Waals surface area contributed by atoms with Crippen molar-refractivity contribution < 1.29 is 0 Å². The smallest absolute Gasteiger partial charge is 0.191 e. The number of benzene rings is 1. The number of aliphatic imine (C=N–C) groups is 1. The molecule has 29 heavy (non-hydrogen) atoms. The molecule has 0 saturated heterocycles. The average molecular weight is 507 g/mol. The first kappa shape index (κ1) is 21.6. The lowest BCUT2D eigenvalue weighted by atomic mass is 10.1. The zero-order valence-corrected chi connectivity index (χ0v) is 19.5. The first-order valence-electron chi connectivity index (χ1n) is 10.2. The summed E-state index contributed by atoms with van der Waals surface area (Å²) < 4.78 is 2.27. The number of halogens is 1. The Bertz CT molecular complexity index is 973. The van der Waals surface area contributed by atoms with Crippen molar-refractivity contribution in [2.45, 2.75) is 52.1 Å². The fourth-order valence-electron chi connectivity index (χ4n) is 3.88. The van der Waals surface area contributed by atoms with E-state index < -0.39 is 0 Å². The lowest BCUT2D eigenvalue weighted by Gasteiger charge is -2.12. The van der Waals surface area contributed by atoms with Crippen molar-refractivity contribution in [3.8, 4) is 0 Å². The summed E-state index contributed by atoms with van der Waals surface area (Å²) in [6.07, 6.45) is 7.76. The van der Waals surface area contributed by atoms with Crippen LogP contribution >= 0.6 is 24.0 Å². The van der Waals surface area contributed by atoms with Gasteiger partial charge in [-0.1, -0.05) is 18.6 Å². The molecule has 0 unspecified atom stereocenters. The molecule has 8 heteroatoms. The molecule has 3 aromatic rings. The van der Waals surface area contributed by atoms with Gasteiger partial charge in [-0.15, -0.1) is 34.2 Å². The summed E-state index contributed by atoms with van der Waals surface area (Å²) in [4.78, 5) is 7.71. The summed E-state index contributed by atoms with van der Waals surface area (Å²) in [6, 6.07) is 6.55. The maximum absolute atomic E-state index is 4.37. The summed E-state index contributed by atoms with van der Waals surface area (Å²) in [5.41, 5.74) is 3.79. The second-order valence-electron chi connectivity index (χ2n) is 7.46. The molecule has 1 aliphatic rings. The Hall–Kier alpha value is -2.10. The third-order valence-electron chi connectivity index (χ3n) is 5.43. The van der Waals surface area contributed by atoms with Gasteiger partial charge in [-0.3, -0.25) is 4.99 Å². The van der Waals surface area contributed by atoms with Crippen molar-refractivity contribution in [3.63, 3.8) is 0 Å². The van der Waals surface area contributed by atoms with E-state index in [4.69, 9.17) is 0 Å². The van der Waals surface area contributed by atoms with Crippen LogP contribution in [0.2, 0.25) is 0 Å². The second kappa shape index (κ2) is 10.1. The van der Waals surface area contributed by atoms with Crippen LogP contribution in [0.25, 0.3) is 10.9 Å². The molecule has 156 valence electrons. The minimum atomic E-state index is 0. The summed E-state index contributed by atoms with van der Waals surface area (Å²) in [6.45, 7) is 4.59. The summed E-state index contributed by atoms with van der Waals surface area (Å²) >= 11 is 0. The van der Waals surface area contributed by atoms with Crippen molar-refractivity contribution in [1.29, 1.82) is 0 Å². The molecule has 0 bridgehead atoms. The van der Waals surface area contributed by atoms with Gasteiger partial charge >= 0.3 is 0 Å². The monoisotopic (exact) mass is 507 g/mol. The molecule has 0 amide bonds. The molecule has 3 heterocycles. The maximum atomic E-state index is 4.37. The third kappa shape index (κ3) is 5.09. The minimum absolute atomic E-state index is 0. The quantitative estimate of drug-likeness (QED) is 0.281. The number of aromatic amines is 1. The van der Waals surface area contributed by atoms with Crippen LogP contribution in [0, 0.1) is 6.92 Å². The van der Waals surface area contributed by atoms with Gasteiger partial charge in [-0.2, -0.15) is 0 Å². The SMILES string of the molecule is CN=C(NCCc1c[nH]c2cc(C)ccc12)NCc1nnc2n1CCCCC2.I. The summed E-state index contributed by atoms with van der Waals surface area (Å²) in [7, 11) is 1.80. The highest BCUT2D eigenvalue weighted by Crippen LogP contribution is 2.19. The molecular weight excluding hydrogens is 477 g/mol. The largest absolute Gasteiger partial charge is 0.361 e. The highest BCUT2D eigenvalue weighted by Gasteiger charge is 2.14. The topological polar surface area (TPSA) is 82.9 Å². The van der Waals surface area contributed by atoms with E-state index >= 15 is 0 Å². The van der Waals surface area contributed by atoms with Gasteiger partial charge in [0.05, 0.1) is 6.54 Å². The van der Waals surface area contributed by atoms with Crippen molar-refractivity contribution in [1.82, 2.24) is 30.4 Å².